The maximum Gasteiger partial charge on any atom is 0.227 e. The van der Waals surface area contributed by atoms with E-state index in [4.69, 9.17) is 0 Å². The van der Waals surface area contributed by atoms with Gasteiger partial charge in [-0.3, -0.25) is 9.59 Å². The summed E-state index contributed by atoms with van der Waals surface area (Å²) in [6, 6.07) is 19.9. The molecule has 0 saturated carbocycles. The summed E-state index contributed by atoms with van der Waals surface area (Å²) >= 11 is 1.31. The number of aryl methyl sites for hydroxylation is 1. The largest absolute Gasteiger partial charge is 0.349 e. The zero-order chi connectivity index (χ0) is 23.9. The van der Waals surface area contributed by atoms with Gasteiger partial charge in [-0.1, -0.05) is 42.5 Å². The van der Waals surface area contributed by atoms with Gasteiger partial charge in [0.05, 0.1) is 23.2 Å². The molecule has 8 heteroatoms. The molecule has 34 heavy (non-hydrogen) atoms. The molecule has 0 aliphatic heterocycles. The number of amides is 2. The fourth-order valence-corrected chi connectivity index (χ4v) is 4.49. The summed E-state index contributed by atoms with van der Waals surface area (Å²) < 4.78 is 15.5. The Morgan fingerprint density at radius 1 is 1.00 bits per heavy atom. The number of thiazole rings is 1. The molecule has 4 rings (SSSR count). The van der Waals surface area contributed by atoms with Gasteiger partial charge in [-0.2, -0.15) is 0 Å². The molecule has 2 N–H and O–H groups in total. The fourth-order valence-electron chi connectivity index (χ4n) is 3.51. The monoisotopic (exact) mass is 475 g/mol. The van der Waals surface area contributed by atoms with Gasteiger partial charge in [-0.05, 0) is 35.7 Å². The number of halogens is 1. The van der Waals surface area contributed by atoms with E-state index < -0.39 is 5.82 Å². The molecular formula is C26H22FN3O3S. The number of aromatic nitrogens is 1. The van der Waals surface area contributed by atoms with Gasteiger partial charge in [-0.15, -0.1) is 11.3 Å². The average Bonchev–Trinajstić information content (AvgIpc) is 3.23. The van der Waals surface area contributed by atoms with E-state index in [1.807, 2.05) is 30.3 Å². The summed E-state index contributed by atoms with van der Waals surface area (Å²) in [6.07, 6.45) is 1.67. The van der Waals surface area contributed by atoms with Crippen LogP contribution in [-0.2, 0) is 27.2 Å². The zero-order valence-corrected chi connectivity index (χ0v) is 19.0. The van der Waals surface area contributed by atoms with Gasteiger partial charge in [0.15, 0.2) is 0 Å². The number of carbonyl (C=O) groups excluding carboxylic acids is 3. The van der Waals surface area contributed by atoms with Crippen molar-refractivity contribution < 1.29 is 18.8 Å². The first-order valence-electron chi connectivity index (χ1n) is 10.8. The number of anilines is 1. The van der Waals surface area contributed by atoms with Crippen LogP contribution in [0, 0.1) is 5.82 Å². The molecular weight excluding hydrogens is 453 g/mol. The molecule has 3 aromatic carbocycles. The summed E-state index contributed by atoms with van der Waals surface area (Å²) in [6.45, 7) is -0.0496. The lowest BCUT2D eigenvalue weighted by Crippen LogP contribution is -2.26. The van der Waals surface area contributed by atoms with Gasteiger partial charge in [0.1, 0.15) is 17.1 Å². The van der Waals surface area contributed by atoms with Crippen molar-refractivity contribution in [3.8, 4) is 11.1 Å². The molecule has 172 valence electrons. The molecule has 4 aromatic rings. The van der Waals surface area contributed by atoms with E-state index in [1.54, 1.807) is 30.3 Å². The van der Waals surface area contributed by atoms with E-state index >= 15 is 0 Å². The van der Waals surface area contributed by atoms with Crippen molar-refractivity contribution in [2.24, 2.45) is 0 Å². The summed E-state index contributed by atoms with van der Waals surface area (Å²) in [5, 5.41) is 5.88. The van der Waals surface area contributed by atoms with Crippen molar-refractivity contribution in [3.05, 3.63) is 83.1 Å². The topological polar surface area (TPSA) is 88.2 Å². The van der Waals surface area contributed by atoms with Crippen LogP contribution in [0.2, 0.25) is 0 Å². The minimum atomic E-state index is -0.422. The molecule has 1 heterocycles. The van der Waals surface area contributed by atoms with E-state index in [9.17, 15) is 18.8 Å². The van der Waals surface area contributed by atoms with Crippen LogP contribution in [0.5, 0.6) is 0 Å². The summed E-state index contributed by atoms with van der Waals surface area (Å²) in [4.78, 5) is 38.8. The highest BCUT2D eigenvalue weighted by Crippen LogP contribution is 2.31. The number of rotatable bonds is 9. The van der Waals surface area contributed by atoms with Crippen LogP contribution < -0.4 is 10.6 Å². The maximum absolute atomic E-state index is 14.8. The second-order valence-electron chi connectivity index (χ2n) is 7.67. The second kappa shape index (κ2) is 10.8. The Labute approximate surface area is 199 Å². The van der Waals surface area contributed by atoms with Crippen LogP contribution in [0.4, 0.5) is 10.1 Å². The van der Waals surface area contributed by atoms with Gasteiger partial charge < -0.3 is 15.4 Å². The van der Waals surface area contributed by atoms with Crippen molar-refractivity contribution >= 4 is 45.3 Å². The predicted molar refractivity (Wildman–Crippen MR) is 131 cm³/mol. The standard InChI is InChI=1S/C26H22FN3O3S/c27-21-15-22-23(34-26(30-22)16-25(33)28-12-13-31)14-20(21)18-7-9-19(10-8-18)29-24(32)11-6-17-4-2-1-3-5-17/h1-5,7-10,13-15H,6,11-12,16H2,(H,28,33)(H,29,32). The maximum atomic E-state index is 14.8. The molecule has 0 bridgehead atoms. The average molecular weight is 476 g/mol. The SMILES string of the molecule is O=CCNC(=O)Cc1nc2cc(F)c(-c3ccc(NC(=O)CCc4ccccc4)cc3)cc2s1. The molecule has 0 spiro atoms. The first-order valence-corrected chi connectivity index (χ1v) is 11.6. The predicted octanol–water partition coefficient (Wildman–Crippen LogP) is 4.53. The second-order valence-corrected chi connectivity index (χ2v) is 8.78. The summed E-state index contributed by atoms with van der Waals surface area (Å²) in [7, 11) is 0. The third-order valence-corrected chi connectivity index (χ3v) is 6.20. The first kappa shape index (κ1) is 23.3. The number of aldehydes is 1. The Kier molecular flexibility index (Phi) is 7.39. The Morgan fingerprint density at radius 3 is 2.50 bits per heavy atom. The lowest BCUT2D eigenvalue weighted by Gasteiger charge is -2.08. The van der Waals surface area contributed by atoms with Crippen molar-refractivity contribution in [2.45, 2.75) is 19.3 Å². The number of fused-ring (bicyclic) bond motifs is 1. The molecule has 0 fully saturated rings. The fraction of sp³-hybridized carbons (Fsp3) is 0.154. The summed E-state index contributed by atoms with van der Waals surface area (Å²) in [5.41, 5.74) is 3.30. The first-order chi connectivity index (χ1) is 16.5. The van der Waals surface area contributed by atoms with E-state index in [0.717, 1.165) is 10.3 Å². The van der Waals surface area contributed by atoms with Crippen LogP contribution in [0.25, 0.3) is 21.3 Å². The lowest BCUT2D eigenvalue weighted by molar-refractivity contribution is -0.121. The third-order valence-electron chi connectivity index (χ3n) is 5.18. The number of carbonyl (C=O) groups is 3. The van der Waals surface area contributed by atoms with E-state index in [-0.39, 0.29) is 24.8 Å². The van der Waals surface area contributed by atoms with Crippen molar-refractivity contribution in [1.29, 1.82) is 0 Å². The Morgan fingerprint density at radius 2 is 1.76 bits per heavy atom. The minimum Gasteiger partial charge on any atom is -0.349 e. The van der Waals surface area contributed by atoms with Gasteiger partial charge in [0.25, 0.3) is 0 Å². The number of nitrogens with one attached hydrogen (secondary N) is 2. The molecule has 0 atom stereocenters. The number of hydrogen-bond acceptors (Lipinski definition) is 5. The third kappa shape index (κ3) is 5.90. The van der Waals surface area contributed by atoms with E-state index in [1.165, 1.54) is 17.4 Å². The van der Waals surface area contributed by atoms with Crippen LogP contribution in [-0.4, -0.2) is 29.6 Å². The van der Waals surface area contributed by atoms with Crippen LogP contribution >= 0.6 is 11.3 Å². The molecule has 1 aromatic heterocycles. The molecule has 2 amide bonds. The van der Waals surface area contributed by atoms with Gasteiger partial charge in [0.2, 0.25) is 11.8 Å². The van der Waals surface area contributed by atoms with Gasteiger partial charge in [0, 0.05) is 23.7 Å². The molecule has 0 unspecified atom stereocenters. The Balaban J connectivity index is 1.43. The summed E-state index contributed by atoms with van der Waals surface area (Å²) in [5.74, 6) is -0.818. The number of benzene rings is 3. The minimum absolute atomic E-state index is 0.0306. The van der Waals surface area contributed by atoms with E-state index in [2.05, 4.69) is 15.6 Å². The normalized spacial score (nSPS) is 10.7. The smallest absolute Gasteiger partial charge is 0.227 e. The Hall–Kier alpha value is -3.91. The van der Waals surface area contributed by atoms with Crippen molar-refractivity contribution in [3.63, 3.8) is 0 Å². The quantitative estimate of drug-likeness (QED) is 0.348. The van der Waals surface area contributed by atoms with Crippen LogP contribution in [0.3, 0.4) is 0 Å². The number of nitrogens with zero attached hydrogens (tertiary/aromatic N) is 1. The highest BCUT2D eigenvalue weighted by atomic mass is 32.1. The lowest BCUT2D eigenvalue weighted by atomic mass is 10.0. The molecule has 0 aliphatic carbocycles. The zero-order valence-electron chi connectivity index (χ0n) is 18.2. The molecule has 6 nitrogen and oxygen atoms in total. The van der Waals surface area contributed by atoms with Crippen LogP contribution in [0.15, 0.2) is 66.7 Å². The van der Waals surface area contributed by atoms with Crippen molar-refractivity contribution in [1.82, 2.24) is 10.3 Å². The molecule has 0 saturated heterocycles. The van der Waals surface area contributed by atoms with Gasteiger partial charge in [-0.25, -0.2) is 9.37 Å². The molecule has 0 aliphatic rings. The number of hydrogen-bond donors (Lipinski definition) is 2. The van der Waals surface area contributed by atoms with Gasteiger partial charge >= 0.3 is 0 Å². The Bertz CT molecular complexity index is 1320. The van der Waals surface area contributed by atoms with Crippen molar-refractivity contribution in [2.75, 3.05) is 11.9 Å². The molecule has 0 radical (unpaired) electrons. The van der Waals surface area contributed by atoms with E-state index in [0.29, 0.717) is 46.5 Å². The van der Waals surface area contributed by atoms with Crippen LogP contribution in [0.1, 0.15) is 17.0 Å². The highest BCUT2D eigenvalue weighted by Gasteiger charge is 2.13. The highest BCUT2D eigenvalue weighted by molar-refractivity contribution is 7.18.